The van der Waals surface area contributed by atoms with Crippen molar-refractivity contribution in [3.8, 4) is 11.5 Å². The summed E-state index contributed by atoms with van der Waals surface area (Å²) in [6, 6.07) is 4.89. The monoisotopic (exact) mass is 447 g/mol. The van der Waals surface area contributed by atoms with Crippen molar-refractivity contribution >= 4 is 29.0 Å². The van der Waals surface area contributed by atoms with Crippen molar-refractivity contribution < 1.29 is 23.8 Å². The van der Waals surface area contributed by atoms with Gasteiger partial charge in [-0.1, -0.05) is 11.3 Å². The van der Waals surface area contributed by atoms with Gasteiger partial charge in [-0.15, -0.1) is 10.2 Å². The van der Waals surface area contributed by atoms with E-state index in [-0.39, 0.29) is 29.8 Å². The minimum absolute atomic E-state index is 0.124. The molecule has 2 aromatic rings. The van der Waals surface area contributed by atoms with Crippen LogP contribution in [0.2, 0.25) is 0 Å². The first kappa shape index (κ1) is 21.3. The molecule has 0 saturated carbocycles. The maximum Gasteiger partial charge on any atom is 0.317 e. The predicted molar refractivity (Wildman–Crippen MR) is 114 cm³/mol. The summed E-state index contributed by atoms with van der Waals surface area (Å²) in [4.78, 5) is 26.9. The second kappa shape index (κ2) is 9.92. The first-order valence-electron chi connectivity index (χ1n) is 10.3. The van der Waals surface area contributed by atoms with Crippen molar-refractivity contribution in [3.05, 3.63) is 28.2 Å². The third-order valence-electron chi connectivity index (χ3n) is 5.01. The van der Waals surface area contributed by atoms with Gasteiger partial charge in [0.1, 0.15) is 5.01 Å². The number of carbonyl (C=O) groups is 2. The second-order valence-corrected chi connectivity index (χ2v) is 8.11. The Bertz CT molecular complexity index is 936. The zero-order valence-corrected chi connectivity index (χ0v) is 18.1. The summed E-state index contributed by atoms with van der Waals surface area (Å²) in [5.74, 6) is 0.880. The molecule has 0 bridgehead atoms. The van der Waals surface area contributed by atoms with Crippen LogP contribution in [0.1, 0.15) is 47.0 Å². The fourth-order valence-corrected chi connectivity index (χ4v) is 4.39. The van der Waals surface area contributed by atoms with Crippen LogP contribution in [0.5, 0.6) is 11.5 Å². The number of rotatable bonds is 8. The lowest BCUT2D eigenvalue weighted by Gasteiger charge is -2.23. The molecule has 0 unspecified atom stereocenters. The molecule has 3 amide bonds. The van der Waals surface area contributed by atoms with Gasteiger partial charge in [-0.2, -0.15) is 0 Å². The number of ether oxygens (including phenoxy) is 3. The van der Waals surface area contributed by atoms with Gasteiger partial charge >= 0.3 is 6.03 Å². The molecule has 1 saturated heterocycles. The van der Waals surface area contributed by atoms with Gasteiger partial charge in [-0.25, -0.2) is 4.79 Å². The van der Waals surface area contributed by atoms with E-state index in [0.717, 1.165) is 19.3 Å². The Labute approximate surface area is 183 Å². The number of hydrogen-bond acceptors (Lipinski definition) is 8. The quantitative estimate of drug-likeness (QED) is 0.598. The number of carbonyl (C=O) groups excluding carboxylic acids is 2. The van der Waals surface area contributed by atoms with Gasteiger partial charge in [-0.3, -0.25) is 4.79 Å². The zero-order valence-electron chi connectivity index (χ0n) is 17.3. The molecule has 1 fully saturated rings. The Kier molecular flexibility index (Phi) is 6.82. The van der Waals surface area contributed by atoms with Gasteiger partial charge in [0.2, 0.25) is 11.8 Å². The fraction of sp³-hybridized carbons (Fsp3) is 0.500. The number of nitrogens with zero attached hydrogens (tertiary/aromatic N) is 3. The molecule has 2 aliphatic heterocycles. The summed E-state index contributed by atoms with van der Waals surface area (Å²) in [6.07, 6.45) is 2.45. The molecule has 1 atom stereocenters. The molecule has 3 heterocycles. The number of amides is 3. The van der Waals surface area contributed by atoms with E-state index >= 15 is 0 Å². The smallest absolute Gasteiger partial charge is 0.317 e. The average Bonchev–Trinajstić information content (AvgIpc) is 3.52. The van der Waals surface area contributed by atoms with Crippen molar-refractivity contribution in [1.29, 1.82) is 0 Å². The van der Waals surface area contributed by atoms with Crippen LogP contribution in [0.4, 0.5) is 10.5 Å². The van der Waals surface area contributed by atoms with Crippen LogP contribution >= 0.6 is 11.3 Å². The number of fused-ring (bicyclic) bond motifs is 1. The number of aromatic nitrogens is 2. The lowest BCUT2D eigenvalue weighted by molar-refractivity contribution is 0.102. The second-order valence-electron chi connectivity index (χ2n) is 7.10. The minimum Gasteiger partial charge on any atom is -0.454 e. The molecular formula is C20H25N5O5S. The molecule has 2 N–H and O–H groups in total. The topological polar surface area (TPSA) is 115 Å². The van der Waals surface area contributed by atoms with Crippen LogP contribution in [0.15, 0.2) is 18.2 Å². The Hall–Kier alpha value is -2.92. The predicted octanol–water partition coefficient (Wildman–Crippen LogP) is 2.79. The summed E-state index contributed by atoms with van der Waals surface area (Å²) in [7, 11) is 0. The molecule has 0 radical (unpaired) electrons. The van der Waals surface area contributed by atoms with Crippen molar-refractivity contribution in [3.63, 3.8) is 0 Å². The molecule has 166 valence electrons. The third kappa shape index (κ3) is 5.05. The van der Waals surface area contributed by atoms with Crippen LogP contribution in [0.3, 0.4) is 0 Å². The van der Waals surface area contributed by atoms with Crippen LogP contribution in [0.25, 0.3) is 0 Å². The van der Waals surface area contributed by atoms with Gasteiger partial charge in [0.25, 0.3) is 5.91 Å². The highest BCUT2D eigenvalue weighted by Crippen LogP contribution is 2.35. The van der Waals surface area contributed by atoms with Crippen LogP contribution in [-0.4, -0.2) is 60.1 Å². The van der Waals surface area contributed by atoms with Gasteiger partial charge < -0.3 is 29.7 Å². The molecule has 10 nitrogen and oxygen atoms in total. The van der Waals surface area contributed by atoms with Crippen molar-refractivity contribution in [1.82, 2.24) is 20.4 Å². The summed E-state index contributed by atoms with van der Waals surface area (Å²) < 4.78 is 15.9. The van der Waals surface area contributed by atoms with Crippen LogP contribution in [0, 0.1) is 0 Å². The van der Waals surface area contributed by atoms with Crippen LogP contribution < -0.4 is 20.1 Å². The Morgan fingerprint density at radius 2 is 2.16 bits per heavy atom. The van der Waals surface area contributed by atoms with Crippen molar-refractivity contribution in [2.75, 3.05) is 38.4 Å². The van der Waals surface area contributed by atoms with E-state index in [0.29, 0.717) is 48.5 Å². The zero-order chi connectivity index (χ0) is 21.6. The summed E-state index contributed by atoms with van der Waals surface area (Å²) >= 11 is 1.21. The molecule has 31 heavy (non-hydrogen) atoms. The largest absolute Gasteiger partial charge is 0.454 e. The molecule has 4 rings (SSSR count). The van der Waals surface area contributed by atoms with Gasteiger partial charge in [0, 0.05) is 38.1 Å². The van der Waals surface area contributed by atoms with Crippen molar-refractivity contribution in [2.45, 2.75) is 32.2 Å². The van der Waals surface area contributed by atoms with Gasteiger partial charge in [-0.05, 0) is 38.3 Å². The number of urea groups is 1. The maximum atomic E-state index is 12.6. The number of benzene rings is 1. The van der Waals surface area contributed by atoms with E-state index < -0.39 is 0 Å². The van der Waals surface area contributed by atoms with E-state index in [1.807, 2.05) is 6.92 Å². The van der Waals surface area contributed by atoms with E-state index in [1.54, 1.807) is 23.1 Å². The van der Waals surface area contributed by atoms with E-state index in [9.17, 15) is 9.59 Å². The molecular weight excluding hydrogens is 422 g/mol. The Morgan fingerprint density at radius 3 is 3.03 bits per heavy atom. The lowest BCUT2D eigenvalue weighted by Crippen LogP contribution is -2.40. The minimum atomic E-state index is -0.354. The summed E-state index contributed by atoms with van der Waals surface area (Å²) in [5.41, 5.74) is 0.583. The maximum absolute atomic E-state index is 12.6. The normalized spacial score (nSPS) is 17.1. The average molecular weight is 448 g/mol. The van der Waals surface area contributed by atoms with Gasteiger partial charge in [0.15, 0.2) is 11.5 Å². The van der Waals surface area contributed by atoms with Crippen LogP contribution in [-0.2, 0) is 4.74 Å². The molecule has 0 spiro atoms. The van der Waals surface area contributed by atoms with Crippen molar-refractivity contribution in [2.24, 2.45) is 0 Å². The third-order valence-corrected chi connectivity index (χ3v) is 6.03. The number of likely N-dealkylation sites (tertiary alicyclic amines) is 1. The van der Waals surface area contributed by atoms with Gasteiger partial charge in [0.05, 0.1) is 6.04 Å². The first-order chi connectivity index (χ1) is 15.2. The summed E-state index contributed by atoms with van der Waals surface area (Å²) in [6.45, 7) is 4.62. The standard InChI is InChI=1S/C20H25N5O5S/c1-2-28-10-4-8-21-20(27)25-9-3-5-14(25)18-23-24-19(31-18)17(26)22-13-6-7-15-16(11-13)30-12-29-15/h6-7,11,14H,2-5,8-10,12H2,1H3,(H,21,27)(H,22,26)/t14-/m0/s1. The van der Waals surface area contributed by atoms with E-state index in [1.165, 1.54) is 11.3 Å². The Morgan fingerprint density at radius 1 is 1.29 bits per heavy atom. The number of hydrogen-bond donors (Lipinski definition) is 2. The molecule has 0 aliphatic carbocycles. The number of anilines is 1. The fourth-order valence-electron chi connectivity index (χ4n) is 3.50. The lowest BCUT2D eigenvalue weighted by atomic mass is 10.2. The summed E-state index contributed by atoms with van der Waals surface area (Å²) in [5, 5.41) is 14.9. The highest BCUT2D eigenvalue weighted by molar-refractivity contribution is 7.13. The highest BCUT2D eigenvalue weighted by Gasteiger charge is 2.33. The molecule has 2 aliphatic rings. The van der Waals surface area contributed by atoms with E-state index in [2.05, 4.69) is 20.8 Å². The first-order valence-corrected chi connectivity index (χ1v) is 11.1. The molecule has 11 heteroatoms. The number of nitrogens with one attached hydrogen (secondary N) is 2. The molecule has 1 aromatic carbocycles. The Balaban J connectivity index is 1.34. The van der Waals surface area contributed by atoms with E-state index in [4.69, 9.17) is 14.2 Å². The SMILES string of the molecule is CCOCCCNC(=O)N1CCC[C@H]1c1nnc(C(=O)Nc2ccc3c(c2)OCO3)s1. The highest BCUT2D eigenvalue weighted by atomic mass is 32.1. The molecule has 1 aromatic heterocycles.